The van der Waals surface area contributed by atoms with Crippen molar-refractivity contribution in [3.63, 3.8) is 0 Å². The number of aromatic amines is 1. The maximum absolute atomic E-state index is 12.0. The molecule has 6 heteroatoms. The molecule has 5 nitrogen and oxygen atoms in total. The van der Waals surface area contributed by atoms with Crippen molar-refractivity contribution in [3.05, 3.63) is 45.5 Å². The Bertz CT molecular complexity index is 638. The first kappa shape index (κ1) is 14.6. The van der Waals surface area contributed by atoms with Gasteiger partial charge in [-0.2, -0.15) is 4.98 Å². The van der Waals surface area contributed by atoms with Gasteiger partial charge in [0.2, 0.25) is 5.88 Å². The number of hydrogen-bond donors (Lipinski definition) is 2. The van der Waals surface area contributed by atoms with E-state index in [1.54, 1.807) is 24.3 Å². The zero-order valence-electron chi connectivity index (χ0n) is 11.0. The van der Waals surface area contributed by atoms with Gasteiger partial charge in [-0.15, -0.1) is 0 Å². The Morgan fingerprint density at radius 1 is 1.35 bits per heavy atom. The summed E-state index contributed by atoms with van der Waals surface area (Å²) in [6.07, 6.45) is 0.874. The summed E-state index contributed by atoms with van der Waals surface area (Å²) in [4.78, 5) is 18.6. The maximum atomic E-state index is 12.0. The van der Waals surface area contributed by atoms with Crippen LogP contribution in [0.3, 0.4) is 0 Å². The minimum absolute atomic E-state index is 0.126. The van der Waals surface area contributed by atoms with E-state index in [-0.39, 0.29) is 18.1 Å². The second-order valence-corrected chi connectivity index (χ2v) is 4.71. The number of rotatable bonds is 5. The molecule has 0 saturated carbocycles. The number of aromatic hydroxyl groups is 1. The van der Waals surface area contributed by atoms with Crippen LogP contribution in [0.4, 0.5) is 0 Å². The highest BCUT2D eigenvalue weighted by Gasteiger charge is 2.12. The molecular formula is C14H15ClN2O3. The molecule has 0 saturated heterocycles. The Labute approximate surface area is 121 Å². The average Bonchev–Trinajstić information content (AvgIpc) is 2.40. The molecule has 0 unspecified atom stereocenters. The number of nitrogens with zero attached hydrogens (tertiary/aromatic N) is 1. The van der Waals surface area contributed by atoms with E-state index in [0.29, 0.717) is 23.0 Å². The SMILES string of the molecule is CCCOCc1nc(O)c(-c2ccc(Cl)cc2)c(=O)[nH]1. The molecular weight excluding hydrogens is 280 g/mol. The first-order valence-electron chi connectivity index (χ1n) is 6.27. The zero-order valence-corrected chi connectivity index (χ0v) is 11.8. The summed E-state index contributed by atoms with van der Waals surface area (Å²) in [5.74, 6) is -0.00941. The van der Waals surface area contributed by atoms with E-state index in [9.17, 15) is 9.90 Å². The molecule has 2 aromatic rings. The van der Waals surface area contributed by atoms with Crippen molar-refractivity contribution in [3.8, 4) is 17.0 Å². The number of benzene rings is 1. The molecule has 1 aromatic carbocycles. The molecule has 1 heterocycles. The van der Waals surface area contributed by atoms with E-state index in [1.165, 1.54) is 0 Å². The fourth-order valence-electron chi connectivity index (χ4n) is 1.77. The molecule has 0 aliphatic rings. The van der Waals surface area contributed by atoms with Gasteiger partial charge in [-0.3, -0.25) is 4.79 Å². The van der Waals surface area contributed by atoms with Gasteiger partial charge in [-0.1, -0.05) is 30.7 Å². The minimum Gasteiger partial charge on any atom is -0.493 e. The number of H-pyrrole nitrogens is 1. The molecule has 0 radical (unpaired) electrons. The van der Waals surface area contributed by atoms with Crippen molar-refractivity contribution in [2.75, 3.05) is 6.61 Å². The van der Waals surface area contributed by atoms with Crippen LogP contribution in [0, 0.1) is 0 Å². The molecule has 2 N–H and O–H groups in total. The van der Waals surface area contributed by atoms with E-state index in [2.05, 4.69) is 9.97 Å². The van der Waals surface area contributed by atoms with Crippen LogP contribution < -0.4 is 5.56 Å². The first-order valence-corrected chi connectivity index (χ1v) is 6.65. The molecule has 0 bridgehead atoms. The molecule has 0 aliphatic carbocycles. The second-order valence-electron chi connectivity index (χ2n) is 4.27. The third-order valence-electron chi connectivity index (χ3n) is 2.67. The highest BCUT2D eigenvalue weighted by atomic mass is 35.5. The highest BCUT2D eigenvalue weighted by Crippen LogP contribution is 2.24. The highest BCUT2D eigenvalue weighted by molar-refractivity contribution is 6.30. The van der Waals surface area contributed by atoms with Gasteiger partial charge in [0.25, 0.3) is 5.56 Å². The molecule has 0 aliphatic heterocycles. The predicted octanol–water partition coefficient (Wildman–Crippen LogP) is 2.72. The number of aromatic nitrogens is 2. The van der Waals surface area contributed by atoms with Crippen LogP contribution in [0.5, 0.6) is 5.88 Å². The van der Waals surface area contributed by atoms with Crippen molar-refractivity contribution in [1.29, 1.82) is 0 Å². The largest absolute Gasteiger partial charge is 0.493 e. The average molecular weight is 295 g/mol. The minimum atomic E-state index is -0.407. The predicted molar refractivity (Wildman–Crippen MR) is 76.9 cm³/mol. The van der Waals surface area contributed by atoms with E-state index >= 15 is 0 Å². The number of ether oxygens (including phenoxy) is 1. The van der Waals surface area contributed by atoms with Crippen LogP contribution in [0.2, 0.25) is 5.02 Å². The van der Waals surface area contributed by atoms with Gasteiger partial charge >= 0.3 is 0 Å². The third kappa shape index (κ3) is 3.37. The van der Waals surface area contributed by atoms with Crippen LogP contribution in [-0.2, 0) is 11.3 Å². The molecule has 0 amide bonds. The third-order valence-corrected chi connectivity index (χ3v) is 2.92. The summed E-state index contributed by atoms with van der Waals surface area (Å²) in [5.41, 5.74) is 0.275. The van der Waals surface area contributed by atoms with Crippen LogP contribution in [-0.4, -0.2) is 21.7 Å². The fourth-order valence-corrected chi connectivity index (χ4v) is 1.89. The van der Waals surface area contributed by atoms with Crippen molar-refractivity contribution in [1.82, 2.24) is 9.97 Å². The van der Waals surface area contributed by atoms with Gasteiger partial charge in [0.1, 0.15) is 18.0 Å². The Hall–Kier alpha value is -1.85. The van der Waals surface area contributed by atoms with Gasteiger partial charge in [0, 0.05) is 11.6 Å². The lowest BCUT2D eigenvalue weighted by Crippen LogP contribution is -2.15. The van der Waals surface area contributed by atoms with E-state index in [1.807, 2.05) is 6.92 Å². The summed E-state index contributed by atoms with van der Waals surface area (Å²) in [7, 11) is 0. The Kier molecular flexibility index (Phi) is 4.76. The molecule has 0 spiro atoms. The summed E-state index contributed by atoms with van der Waals surface area (Å²) >= 11 is 5.79. The molecule has 0 fully saturated rings. The normalized spacial score (nSPS) is 10.7. The molecule has 106 valence electrons. The number of halogens is 1. The molecule has 20 heavy (non-hydrogen) atoms. The van der Waals surface area contributed by atoms with Gasteiger partial charge in [-0.25, -0.2) is 0 Å². The zero-order chi connectivity index (χ0) is 14.5. The summed E-state index contributed by atoms with van der Waals surface area (Å²) in [5, 5.41) is 10.5. The number of nitrogens with one attached hydrogen (secondary N) is 1. The quantitative estimate of drug-likeness (QED) is 0.832. The van der Waals surface area contributed by atoms with Crippen LogP contribution >= 0.6 is 11.6 Å². The smallest absolute Gasteiger partial charge is 0.262 e. The molecule has 1 aromatic heterocycles. The lowest BCUT2D eigenvalue weighted by atomic mass is 10.1. The number of hydrogen-bond acceptors (Lipinski definition) is 4. The van der Waals surface area contributed by atoms with Gasteiger partial charge in [0.05, 0.1) is 0 Å². The summed E-state index contributed by atoms with van der Waals surface area (Å²) < 4.78 is 5.28. The monoisotopic (exact) mass is 294 g/mol. The van der Waals surface area contributed by atoms with Crippen LogP contribution in [0.25, 0.3) is 11.1 Å². The molecule has 2 rings (SSSR count). The summed E-state index contributed by atoms with van der Waals surface area (Å²) in [6.45, 7) is 2.72. The fraction of sp³-hybridized carbons (Fsp3) is 0.286. The Morgan fingerprint density at radius 3 is 2.65 bits per heavy atom. The van der Waals surface area contributed by atoms with E-state index in [4.69, 9.17) is 16.3 Å². The Balaban J connectivity index is 2.31. The van der Waals surface area contributed by atoms with Crippen LogP contribution in [0.1, 0.15) is 19.2 Å². The van der Waals surface area contributed by atoms with E-state index in [0.717, 1.165) is 6.42 Å². The topological polar surface area (TPSA) is 75.2 Å². The van der Waals surface area contributed by atoms with Crippen LogP contribution in [0.15, 0.2) is 29.1 Å². The molecule has 0 atom stereocenters. The lowest BCUT2D eigenvalue weighted by molar-refractivity contribution is 0.115. The Morgan fingerprint density at radius 2 is 2.05 bits per heavy atom. The summed E-state index contributed by atoms with van der Waals surface area (Å²) in [6, 6.07) is 6.60. The first-order chi connectivity index (χ1) is 9.61. The second kappa shape index (κ2) is 6.54. The van der Waals surface area contributed by atoms with Gasteiger partial charge < -0.3 is 14.8 Å². The van der Waals surface area contributed by atoms with Gasteiger partial charge in [-0.05, 0) is 24.1 Å². The van der Waals surface area contributed by atoms with Crippen molar-refractivity contribution < 1.29 is 9.84 Å². The standard InChI is InChI=1S/C14H15ClN2O3/c1-2-7-20-8-11-16-13(18)12(14(19)17-11)9-3-5-10(15)6-4-9/h3-6H,2,7-8H2,1H3,(H2,16,17,18,19). The van der Waals surface area contributed by atoms with Crippen molar-refractivity contribution in [2.45, 2.75) is 20.0 Å². The van der Waals surface area contributed by atoms with Crippen molar-refractivity contribution >= 4 is 11.6 Å². The van der Waals surface area contributed by atoms with E-state index < -0.39 is 5.56 Å². The van der Waals surface area contributed by atoms with Gasteiger partial charge in [0.15, 0.2) is 0 Å². The lowest BCUT2D eigenvalue weighted by Gasteiger charge is -2.06. The maximum Gasteiger partial charge on any atom is 0.262 e. The van der Waals surface area contributed by atoms with Crippen molar-refractivity contribution in [2.24, 2.45) is 0 Å².